The van der Waals surface area contributed by atoms with E-state index in [-0.39, 0.29) is 23.6 Å². The van der Waals surface area contributed by atoms with Crippen LogP contribution in [0.5, 0.6) is 0 Å². The van der Waals surface area contributed by atoms with Crippen LogP contribution < -0.4 is 10.6 Å². The normalized spacial score (nSPS) is 16.9. The molecule has 4 aromatic carbocycles. The highest BCUT2D eigenvalue weighted by Gasteiger charge is 2.37. The van der Waals surface area contributed by atoms with Crippen molar-refractivity contribution >= 4 is 47.2 Å². The second-order valence-electron chi connectivity index (χ2n) is 14.2. The standard InChI is InChI=1S/C46H52N4O4/c1-5-33-13-9-14-34(6-2)41(33)45(53)49-29-11-17-39(49)43(51)47-37-25-21-31(22-26-37)19-20-32-23-27-38(28-24-32)48-44(52)40-18-12-30-50(40)46(54)42-35(7-3)15-10-16-36(42)8-4/h9-10,13-16,19-28,39-40H,5-8,11-12,17-18,29-30H2,1-4H3,(H,47,51)(H,48,52)/t39-,40-/m0/s1. The van der Waals surface area contributed by atoms with Gasteiger partial charge in [-0.15, -0.1) is 0 Å². The Kier molecular flexibility index (Phi) is 12.4. The molecule has 54 heavy (non-hydrogen) atoms. The summed E-state index contributed by atoms with van der Waals surface area (Å²) in [5, 5.41) is 6.07. The second kappa shape index (κ2) is 17.5. The maximum absolute atomic E-state index is 13.7. The number of nitrogens with one attached hydrogen (secondary N) is 2. The summed E-state index contributed by atoms with van der Waals surface area (Å²) >= 11 is 0. The van der Waals surface area contributed by atoms with Gasteiger partial charge >= 0.3 is 0 Å². The van der Waals surface area contributed by atoms with Crippen LogP contribution in [0.1, 0.15) is 107 Å². The van der Waals surface area contributed by atoms with E-state index in [1.54, 1.807) is 9.80 Å². The Balaban J connectivity index is 1.04. The van der Waals surface area contributed by atoms with E-state index >= 15 is 0 Å². The van der Waals surface area contributed by atoms with Crippen LogP contribution in [0, 0.1) is 0 Å². The van der Waals surface area contributed by atoms with Crippen molar-refractivity contribution in [1.82, 2.24) is 9.80 Å². The molecule has 0 spiro atoms. The summed E-state index contributed by atoms with van der Waals surface area (Å²) in [7, 11) is 0. The van der Waals surface area contributed by atoms with Crippen molar-refractivity contribution in [2.75, 3.05) is 23.7 Å². The number of likely N-dealkylation sites (tertiary alicyclic amines) is 2. The SMILES string of the molecule is CCc1cccc(CC)c1C(=O)N1CCC[C@H]1C(=O)Nc1ccc(C=Cc2ccc(NC(=O)[C@@H]3CCCN3C(=O)c3c(CC)cccc3CC)cc2)cc1. The molecule has 0 bridgehead atoms. The van der Waals surface area contributed by atoms with Crippen LogP contribution in [0.25, 0.3) is 12.2 Å². The molecule has 2 fully saturated rings. The number of aryl methyl sites for hydroxylation is 4. The van der Waals surface area contributed by atoms with Gasteiger partial charge in [-0.05, 0) is 109 Å². The van der Waals surface area contributed by atoms with E-state index in [0.717, 1.165) is 83.0 Å². The third kappa shape index (κ3) is 8.33. The van der Waals surface area contributed by atoms with Crippen LogP contribution in [0.15, 0.2) is 84.9 Å². The van der Waals surface area contributed by atoms with Gasteiger partial charge in [-0.2, -0.15) is 0 Å². The Bertz CT molecular complexity index is 1830. The Labute approximate surface area is 319 Å². The van der Waals surface area contributed by atoms with Crippen molar-refractivity contribution in [3.63, 3.8) is 0 Å². The van der Waals surface area contributed by atoms with Gasteiger partial charge in [0.25, 0.3) is 11.8 Å². The summed E-state index contributed by atoms with van der Waals surface area (Å²) in [6.07, 6.45) is 9.93. The van der Waals surface area contributed by atoms with E-state index < -0.39 is 12.1 Å². The highest BCUT2D eigenvalue weighted by atomic mass is 16.2. The molecule has 2 aliphatic rings. The first kappa shape index (κ1) is 38.2. The van der Waals surface area contributed by atoms with Gasteiger partial charge in [0.15, 0.2) is 0 Å². The Morgan fingerprint density at radius 3 is 1.19 bits per heavy atom. The molecule has 4 amide bonds. The number of amides is 4. The first-order valence-corrected chi connectivity index (χ1v) is 19.6. The van der Waals surface area contributed by atoms with Gasteiger partial charge in [-0.25, -0.2) is 0 Å². The molecule has 6 rings (SSSR count). The van der Waals surface area contributed by atoms with Crippen molar-refractivity contribution in [2.45, 2.75) is 91.1 Å². The lowest BCUT2D eigenvalue weighted by molar-refractivity contribution is -0.120. The van der Waals surface area contributed by atoms with Gasteiger partial charge in [0, 0.05) is 35.6 Å². The smallest absolute Gasteiger partial charge is 0.255 e. The third-order valence-electron chi connectivity index (χ3n) is 10.9. The molecule has 2 heterocycles. The minimum absolute atomic E-state index is 0.0513. The number of rotatable bonds is 12. The molecule has 0 saturated carbocycles. The molecule has 280 valence electrons. The lowest BCUT2D eigenvalue weighted by Crippen LogP contribution is -2.43. The summed E-state index contributed by atoms with van der Waals surface area (Å²) in [5.74, 6) is -0.430. The number of anilines is 2. The van der Waals surface area contributed by atoms with E-state index in [1.165, 1.54) is 0 Å². The lowest BCUT2D eigenvalue weighted by atomic mass is 9.96. The molecule has 2 saturated heterocycles. The summed E-state index contributed by atoms with van der Waals surface area (Å²) in [5.41, 5.74) is 8.90. The van der Waals surface area contributed by atoms with Crippen molar-refractivity contribution in [3.05, 3.63) is 129 Å². The van der Waals surface area contributed by atoms with E-state index in [0.29, 0.717) is 37.3 Å². The van der Waals surface area contributed by atoms with Gasteiger partial charge in [-0.1, -0.05) is 101 Å². The molecule has 0 aromatic heterocycles. The fourth-order valence-electron chi connectivity index (χ4n) is 7.89. The van der Waals surface area contributed by atoms with Gasteiger partial charge in [0.2, 0.25) is 11.8 Å². The first-order valence-electron chi connectivity index (χ1n) is 19.6. The molecular formula is C46H52N4O4. The molecule has 2 atom stereocenters. The summed E-state index contributed by atoms with van der Waals surface area (Å²) in [6, 6.07) is 26.3. The molecule has 0 aliphatic carbocycles. The molecule has 0 radical (unpaired) electrons. The van der Waals surface area contributed by atoms with E-state index in [1.807, 2.05) is 97.1 Å². The summed E-state index contributed by atoms with van der Waals surface area (Å²) in [4.78, 5) is 57.8. The van der Waals surface area contributed by atoms with Crippen molar-refractivity contribution in [3.8, 4) is 0 Å². The van der Waals surface area contributed by atoms with Crippen LogP contribution >= 0.6 is 0 Å². The van der Waals surface area contributed by atoms with Gasteiger partial charge in [0.05, 0.1) is 0 Å². The van der Waals surface area contributed by atoms with E-state index in [9.17, 15) is 19.2 Å². The van der Waals surface area contributed by atoms with Crippen LogP contribution in [0.3, 0.4) is 0 Å². The molecule has 2 N–H and O–H groups in total. The monoisotopic (exact) mass is 724 g/mol. The molecule has 4 aromatic rings. The molecule has 8 nitrogen and oxygen atoms in total. The quantitative estimate of drug-likeness (QED) is 0.143. The number of hydrogen-bond donors (Lipinski definition) is 2. The fraction of sp³-hybridized carbons (Fsp3) is 0.348. The number of carbonyl (C=O) groups excluding carboxylic acids is 4. The third-order valence-corrected chi connectivity index (χ3v) is 10.9. The topological polar surface area (TPSA) is 98.8 Å². The molecule has 2 aliphatic heterocycles. The predicted molar refractivity (Wildman–Crippen MR) is 218 cm³/mol. The molecular weight excluding hydrogens is 673 g/mol. The predicted octanol–water partition coefficient (Wildman–Crippen LogP) is 8.59. The number of nitrogens with zero attached hydrogens (tertiary/aromatic N) is 2. The van der Waals surface area contributed by atoms with Crippen molar-refractivity contribution in [1.29, 1.82) is 0 Å². The largest absolute Gasteiger partial charge is 0.327 e. The number of hydrogen-bond acceptors (Lipinski definition) is 4. The van der Waals surface area contributed by atoms with Crippen molar-refractivity contribution in [2.24, 2.45) is 0 Å². The zero-order chi connectivity index (χ0) is 38.2. The lowest BCUT2D eigenvalue weighted by Gasteiger charge is -2.26. The Morgan fingerprint density at radius 2 is 0.870 bits per heavy atom. The summed E-state index contributed by atoms with van der Waals surface area (Å²) < 4.78 is 0. The Hall–Kier alpha value is -5.50. The zero-order valence-electron chi connectivity index (χ0n) is 32.0. The highest BCUT2D eigenvalue weighted by Crippen LogP contribution is 2.28. The van der Waals surface area contributed by atoms with Crippen LogP contribution in [-0.2, 0) is 35.3 Å². The average Bonchev–Trinajstić information content (AvgIpc) is 3.91. The number of benzene rings is 4. The maximum Gasteiger partial charge on any atom is 0.255 e. The maximum atomic E-state index is 13.7. The van der Waals surface area contributed by atoms with Gasteiger partial charge in [0.1, 0.15) is 12.1 Å². The van der Waals surface area contributed by atoms with Crippen LogP contribution in [0.2, 0.25) is 0 Å². The average molecular weight is 725 g/mol. The van der Waals surface area contributed by atoms with E-state index in [4.69, 9.17) is 0 Å². The van der Waals surface area contributed by atoms with Crippen molar-refractivity contribution < 1.29 is 19.2 Å². The highest BCUT2D eigenvalue weighted by molar-refractivity contribution is 6.04. The number of carbonyl (C=O) groups is 4. The van der Waals surface area contributed by atoms with Gasteiger partial charge in [-0.3, -0.25) is 19.2 Å². The Morgan fingerprint density at radius 1 is 0.537 bits per heavy atom. The van der Waals surface area contributed by atoms with E-state index in [2.05, 4.69) is 38.3 Å². The zero-order valence-corrected chi connectivity index (χ0v) is 32.0. The minimum atomic E-state index is -0.503. The second-order valence-corrected chi connectivity index (χ2v) is 14.2. The summed E-state index contributed by atoms with van der Waals surface area (Å²) in [6.45, 7) is 9.38. The molecule has 8 heteroatoms. The minimum Gasteiger partial charge on any atom is -0.327 e. The fourth-order valence-corrected chi connectivity index (χ4v) is 7.89. The van der Waals surface area contributed by atoms with Gasteiger partial charge < -0.3 is 20.4 Å². The first-order chi connectivity index (χ1) is 26.3. The van der Waals surface area contributed by atoms with Crippen LogP contribution in [-0.4, -0.2) is 58.6 Å². The van der Waals surface area contributed by atoms with Crippen LogP contribution in [0.4, 0.5) is 11.4 Å². The molecule has 0 unspecified atom stereocenters.